The van der Waals surface area contributed by atoms with Gasteiger partial charge in [-0.2, -0.15) is 0 Å². The minimum absolute atomic E-state index is 0.0953. The van der Waals surface area contributed by atoms with Crippen LogP contribution >= 0.6 is 39.1 Å². The van der Waals surface area contributed by atoms with Crippen molar-refractivity contribution in [1.29, 1.82) is 0 Å². The zero-order chi connectivity index (χ0) is 14.0. The molecule has 0 radical (unpaired) electrons. The fourth-order valence-corrected chi connectivity index (χ4v) is 2.61. The van der Waals surface area contributed by atoms with Gasteiger partial charge in [-0.05, 0) is 39.7 Å². The van der Waals surface area contributed by atoms with Crippen LogP contribution in [0.3, 0.4) is 0 Å². The summed E-state index contributed by atoms with van der Waals surface area (Å²) in [7, 11) is 0. The highest BCUT2D eigenvalue weighted by Gasteiger charge is 2.15. The van der Waals surface area contributed by atoms with Gasteiger partial charge in [-0.25, -0.2) is 4.39 Å². The summed E-state index contributed by atoms with van der Waals surface area (Å²) in [6.07, 6.45) is 0.0953. The van der Waals surface area contributed by atoms with Crippen molar-refractivity contribution < 1.29 is 9.18 Å². The molecule has 19 heavy (non-hydrogen) atoms. The molecule has 5 heteroatoms. The molecule has 2 aromatic rings. The number of carbonyl (C=O) groups is 1. The van der Waals surface area contributed by atoms with Crippen molar-refractivity contribution in [2.24, 2.45) is 0 Å². The molecule has 2 rings (SSSR count). The molecule has 0 fully saturated rings. The van der Waals surface area contributed by atoms with Crippen LogP contribution in [0.1, 0.15) is 15.9 Å². The van der Waals surface area contributed by atoms with E-state index < -0.39 is 5.82 Å². The highest BCUT2D eigenvalue weighted by atomic mass is 79.9. The zero-order valence-corrected chi connectivity index (χ0v) is 12.7. The van der Waals surface area contributed by atoms with Crippen LogP contribution in [-0.4, -0.2) is 5.78 Å². The number of halogens is 4. The topological polar surface area (TPSA) is 17.1 Å². The van der Waals surface area contributed by atoms with Crippen LogP contribution in [0, 0.1) is 5.82 Å². The molecule has 0 spiro atoms. The number of hydrogen-bond donors (Lipinski definition) is 0. The summed E-state index contributed by atoms with van der Waals surface area (Å²) in [4.78, 5) is 12.1. The highest BCUT2D eigenvalue weighted by Crippen LogP contribution is 2.25. The Bertz CT molecular complexity index is 643. The maximum atomic E-state index is 13.4. The maximum Gasteiger partial charge on any atom is 0.168 e. The molecule has 0 aliphatic carbocycles. The molecule has 0 heterocycles. The fourth-order valence-electron chi connectivity index (χ4n) is 1.65. The molecule has 0 saturated carbocycles. The van der Waals surface area contributed by atoms with Crippen molar-refractivity contribution in [2.75, 3.05) is 0 Å². The second-order valence-corrected chi connectivity index (χ2v) is 5.57. The van der Waals surface area contributed by atoms with E-state index in [9.17, 15) is 9.18 Å². The Hall–Kier alpha value is -0.900. The second kappa shape index (κ2) is 6.04. The van der Waals surface area contributed by atoms with Gasteiger partial charge < -0.3 is 0 Å². The van der Waals surface area contributed by atoms with E-state index in [0.717, 1.165) is 0 Å². The van der Waals surface area contributed by atoms with Gasteiger partial charge in [-0.3, -0.25) is 4.79 Å². The molecule has 1 nitrogen and oxygen atoms in total. The Morgan fingerprint density at radius 3 is 2.63 bits per heavy atom. The molecular formula is C14H8BrCl2FO. The van der Waals surface area contributed by atoms with E-state index in [2.05, 4.69) is 15.9 Å². The third kappa shape index (κ3) is 3.35. The molecule has 0 N–H and O–H groups in total. The molecule has 0 aliphatic rings. The molecule has 98 valence electrons. The van der Waals surface area contributed by atoms with E-state index in [4.69, 9.17) is 23.2 Å². The van der Waals surface area contributed by atoms with Crippen molar-refractivity contribution in [3.05, 3.63) is 67.9 Å². The Balaban J connectivity index is 2.28. The van der Waals surface area contributed by atoms with Crippen LogP contribution in [0.4, 0.5) is 4.39 Å². The Labute approximate surface area is 128 Å². The number of hydrogen-bond acceptors (Lipinski definition) is 1. The fraction of sp³-hybridized carbons (Fsp3) is 0.0714. The summed E-state index contributed by atoms with van der Waals surface area (Å²) in [5.74, 6) is -0.677. The SMILES string of the molecule is O=C(Cc1ccc(Cl)cc1Cl)c1cccc(F)c1Br. The highest BCUT2D eigenvalue weighted by molar-refractivity contribution is 9.10. The van der Waals surface area contributed by atoms with Gasteiger partial charge in [0.1, 0.15) is 5.82 Å². The quantitative estimate of drug-likeness (QED) is 0.676. The predicted octanol–water partition coefficient (Wildman–Crippen LogP) is 5.32. The first-order valence-corrected chi connectivity index (χ1v) is 6.95. The summed E-state index contributed by atoms with van der Waals surface area (Å²) < 4.78 is 13.5. The summed E-state index contributed by atoms with van der Waals surface area (Å²) in [5, 5.41) is 0.932. The number of rotatable bonds is 3. The van der Waals surface area contributed by atoms with Gasteiger partial charge in [0.15, 0.2) is 5.78 Å². The van der Waals surface area contributed by atoms with Gasteiger partial charge in [0.2, 0.25) is 0 Å². The number of Topliss-reactive ketones (excluding diaryl/α,β-unsaturated/α-hetero) is 1. The Morgan fingerprint density at radius 2 is 1.95 bits per heavy atom. The Morgan fingerprint density at radius 1 is 1.21 bits per heavy atom. The number of benzene rings is 2. The first kappa shape index (κ1) is 14.5. The van der Waals surface area contributed by atoms with Crippen molar-refractivity contribution in [3.8, 4) is 0 Å². The maximum absolute atomic E-state index is 13.4. The van der Waals surface area contributed by atoms with Crippen LogP contribution in [0.25, 0.3) is 0 Å². The third-order valence-electron chi connectivity index (χ3n) is 2.62. The van der Waals surface area contributed by atoms with E-state index >= 15 is 0 Å². The van der Waals surface area contributed by atoms with Crippen molar-refractivity contribution in [1.82, 2.24) is 0 Å². The van der Waals surface area contributed by atoms with Crippen LogP contribution in [0.5, 0.6) is 0 Å². The first-order chi connectivity index (χ1) is 8.99. The Kier molecular flexibility index (Phi) is 4.61. The normalized spacial score (nSPS) is 10.5. The van der Waals surface area contributed by atoms with E-state index in [1.54, 1.807) is 24.3 Å². The van der Waals surface area contributed by atoms with Gasteiger partial charge in [-0.15, -0.1) is 0 Å². The van der Waals surface area contributed by atoms with Crippen molar-refractivity contribution in [2.45, 2.75) is 6.42 Å². The molecule has 2 aromatic carbocycles. The van der Waals surface area contributed by atoms with Crippen molar-refractivity contribution >= 4 is 44.9 Å². The molecule has 0 aliphatic heterocycles. The first-order valence-electron chi connectivity index (χ1n) is 5.40. The van der Waals surface area contributed by atoms with Crippen LogP contribution in [0.2, 0.25) is 10.0 Å². The van der Waals surface area contributed by atoms with E-state index in [0.29, 0.717) is 21.2 Å². The molecule has 0 atom stereocenters. The van der Waals surface area contributed by atoms with Gasteiger partial charge in [0.25, 0.3) is 0 Å². The molecular weight excluding hydrogens is 354 g/mol. The summed E-state index contributed by atoms with van der Waals surface area (Å²) >= 11 is 14.9. The standard InChI is InChI=1S/C14H8BrCl2FO/c15-14-10(2-1-3-12(14)18)13(19)6-8-4-5-9(16)7-11(8)17/h1-5,7H,6H2. The lowest BCUT2D eigenvalue weighted by Gasteiger charge is -2.06. The summed E-state index contributed by atoms with van der Waals surface area (Å²) in [6.45, 7) is 0. The van der Waals surface area contributed by atoms with Crippen molar-refractivity contribution in [3.63, 3.8) is 0 Å². The smallest absolute Gasteiger partial charge is 0.168 e. The average molecular weight is 362 g/mol. The summed E-state index contributed by atoms with van der Waals surface area (Å²) in [5.41, 5.74) is 0.957. The van der Waals surface area contributed by atoms with E-state index in [1.165, 1.54) is 12.1 Å². The molecule has 0 saturated heterocycles. The van der Waals surface area contributed by atoms with E-state index in [1.807, 2.05) is 0 Å². The largest absolute Gasteiger partial charge is 0.294 e. The van der Waals surface area contributed by atoms with E-state index in [-0.39, 0.29) is 16.7 Å². The second-order valence-electron chi connectivity index (χ2n) is 3.94. The average Bonchev–Trinajstić information content (AvgIpc) is 2.36. The zero-order valence-electron chi connectivity index (χ0n) is 9.59. The predicted molar refractivity (Wildman–Crippen MR) is 78.6 cm³/mol. The van der Waals surface area contributed by atoms with Crippen LogP contribution in [0.15, 0.2) is 40.9 Å². The minimum Gasteiger partial charge on any atom is -0.294 e. The van der Waals surface area contributed by atoms with Gasteiger partial charge in [0.05, 0.1) is 4.47 Å². The van der Waals surface area contributed by atoms with Crippen LogP contribution < -0.4 is 0 Å². The monoisotopic (exact) mass is 360 g/mol. The lowest BCUT2D eigenvalue weighted by atomic mass is 10.0. The molecule has 0 aromatic heterocycles. The molecule has 0 unspecified atom stereocenters. The van der Waals surface area contributed by atoms with Crippen LogP contribution in [-0.2, 0) is 6.42 Å². The lowest BCUT2D eigenvalue weighted by molar-refractivity contribution is 0.0991. The van der Waals surface area contributed by atoms with Gasteiger partial charge >= 0.3 is 0 Å². The third-order valence-corrected chi connectivity index (χ3v) is 4.01. The summed E-state index contributed by atoms with van der Waals surface area (Å²) in [6, 6.07) is 9.28. The number of ketones is 1. The molecule has 0 amide bonds. The van der Waals surface area contributed by atoms with Gasteiger partial charge in [0, 0.05) is 22.0 Å². The van der Waals surface area contributed by atoms with Gasteiger partial charge in [-0.1, -0.05) is 41.4 Å². The lowest BCUT2D eigenvalue weighted by Crippen LogP contribution is -2.05. The minimum atomic E-state index is -0.465. The number of carbonyl (C=O) groups excluding carboxylic acids is 1. The molecule has 0 bridgehead atoms.